The van der Waals surface area contributed by atoms with Gasteiger partial charge in [-0.3, -0.25) is 0 Å². The molecule has 4 heterocycles. The summed E-state index contributed by atoms with van der Waals surface area (Å²) in [5.41, 5.74) is 26.5. The number of benzene rings is 9. The van der Waals surface area contributed by atoms with E-state index in [1.807, 2.05) is 11.3 Å². The van der Waals surface area contributed by atoms with Crippen LogP contribution in [0, 0.1) is 6.92 Å². The van der Waals surface area contributed by atoms with Gasteiger partial charge in [-0.1, -0.05) is 215 Å². The van der Waals surface area contributed by atoms with Crippen LogP contribution < -0.4 is 36.0 Å². The molecule has 1 saturated carbocycles. The first-order chi connectivity index (χ1) is 41.9. The third-order valence-corrected chi connectivity index (χ3v) is 22.5. The zero-order valence-electron chi connectivity index (χ0n) is 56.3. The molecule has 0 spiro atoms. The Morgan fingerprint density at radius 2 is 0.876 bits per heavy atom. The van der Waals surface area contributed by atoms with Crippen LogP contribution in [0.5, 0.6) is 0 Å². The van der Waals surface area contributed by atoms with Gasteiger partial charge in [-0.05, 0) is 194 Å². The third kappa shape index (κ3) is 9.41. The fourth-order valence-corrected chi connectivity index (χ4v) is 17.0. The van der Waals surface area contributed by atoms with Crippen LogP contribution in [0.1, 0.15) is 182 Å². The molecule has 3 aliphatic heterocycles. The molecule has 89 heavy (non-hydrogen) atoms. The number of fused-ring (bicyclic) bond motifs is 10. The Balaban J connectivity index is 1.07. The predicted molar refractivity (Wildman–Crippen MR) is 389 cm³/mol. The number of nitrogens with zero attached hydrogens (tertiary/aromatic N) is 4. The summed E-state index contributed by atoms with van der Waals surface area (Å²) in [4.78, 5) is 10.8. The van der Waals surface area contributed by atoms with Gasteiger partial charge in [0.15, 0.2) is 0 Å². The number of anilines is 11. The minimum Gasteiger partial charge on any atom is -0.334 e. The third-order valence-electron chi connectivity index (χ3n) is 21.3. The van der Waals surface area contributed by atoms with E-state index < -0.39 is 0 Å². The lowest BCUT2D eigenvalue weighted by molar-refractivity contribution is 0.195. The summed E-state index contributed by atoms with van der Waals surface area (Å²) in [7, 11) is 0. The molecular formula is C83H91BN4S. The van der Waals surface area contributed by atoms with Crippen molar-refractivity contribution in [1.82, 2.24) is 0 Å². The summed E-state index contributed by atoms with van der Waals surface area (Å²) in [5, 5.41) is 2.62. The highest BCUT2D eigenvalue weighted by Crippen LogP contribution is 2.63. The van der Waals surface area contributed by atoms with E-state index in [0.717, 1.165) is 12.8 Å². The zero-order chi connectivity index (χ0) is 62.9. The summed E-state index contributed by atoms with van der Waals surface area (Å²) in [6.07, 6.45) is 4.55. The molecule has 10 aromatic rings. The van der Waals surface area contributed by atoms with Gasteiger partial charge in [0.25, 0.3) is 6.71 Å². The highest BCUT2D eigenvalue weighted by molar-refractivity contribution is 7.26. The second kappa shape index (κ2) is 20.2. The first kappa shape index (κ1) is 59.1. The standard InChI is InChI=1S/C83H91BN4S/c1-52-46-55(79(8,9)10)32-40-67(52)86-69-41-33-56(80(11,12)13)47-65(69)84-66-48-57(81(14,15)16)34-42-70(66)87(71-26-23-25-63-62-24-19-20-27-74(62)89-76(63)71)73-51-61(50-72(86)75(73)84)88-68-43-39-60(49-64(68)82(17)44-21-22-45-83(82,88)18)85(58-35-28-53(29-36-58)77(2,3)4)59-37-30-54(31-38-59)78(5,6)7/h19-20,23-43,46-51H,21-22,44-45H2,1-18H3. The fourth-order valence-electron chi connectivity index (χ4n) is 15.8. The topological polar surface area (TPSA) is 13.0 Å². The molecule has 1 aromatic heterocycles. The summed E-state index contributed by atoms with van der Waals surface area (Å²) >= 11 is 1.93. The van der Waals surface area contributed by atoms with Gasteiger partial charge in [0.2, 0.25) is 0 Å². The van der Waals surface area contributed by atoms with Crippen molar-refractivity contribution in [3.05, 3.63) is 215 Å². The van der Waals surface area contributed by atoms with Gasteiger partial charge < -0.3 is 19.6 Å². The number of thiophene rings is 1. The Bertz CT molecular complexity index is 4420. The Morgan fingerprint density at radius 3 is 1.42 bits per heavy atom. The van der Waals surface area contributed by atoms with Crippen LogP contribution in [0.2, 0.25) is 0 Å². The van der Waals surface area contributed by atoms with E-state index in [0.29, 0.717) is 0 Å². The van der Waals surface area contributed by atoms with Crippen molar-refractivity contribution in [2.24, 2.45) is 0 Å². The highest BCUT2D eigenvalue weighted by atomic mass is 32.1. The molecule has 0 amide bonds. The van der Waals surface area contributed by atoms with Crippen LogP contribution >= 0.6 is 11.3 Å². The minimum atomic E-state index is -0.256. The van der Waals surface area contributed by atoms with E-state index >= 15 is 0 Å². The molecule has 2 unspecified atom stereocenters. The Kier molecular flexibility index (Phi) is 13.4. The van der Waals surface area contributed by atoms with Crippen molar-refractivity contribution in [1.29, 1.82) is 0 Å². The molecule has 4 nitrogen and oxygen atoms in total. The quantitative estimate of drug-likeness (QED) is 0.154. The maximum absolute atomic E-state index is 2.85. The fraction of sp³-hybridized carbons (Fsp3) is 0.349. The Morgan fingerprint density at radius 1 is 0.416 bits per heavy atom. The van der Waals surface area contributed by atoms with Crippen molar-refractivity contribution in [2.45, 2.75) is 188 Å². The minimum absolute atomic E-state index is 0.00658. The second-order valence-electron chi connectivity index (χ2n) is 32.3. The van der Waals surface area contributed by atoms with Gasteiger partial charge in [0, 0.05) is 77.8 Å². The number of aryl methyl sites for hydroxylation is 1. The first-order valence-electron chi connectivity index (χ1n) is 33.0. The summed E-state index contributed by atoms with van der Waals surface area (Å²) in [6, 6.07) is 69.9. The van der Waals surface area contributed by atoms with Gasteiger partial charge in [-0.2, -0.15) is 0 Å². The van der Waals surface area contributed by atoms with E-state index in [4.69, 9.17) is 0 Å². The molecule has 0 bridgehead atoms. The van der Waals surface area contributed by atoms with E-state index in [1.165, 1.54) is 151 Å². The first-order valence-corrected chi connectivity index (χ1v) is 33.8. The summed E-state index contributed by atoms with van der Waals surface area (Å²) in [5.74, 6) is 0. The molecular weight excluding hydrogens is 1100 g/mol. The summed E-state index contributed by atoms with van der Waals surface area (Å²) in [6.45, 7) is 42.7. The maximum atomic E-state index is 2.85. The van der Waals surface area contributed by atoms with E-state index in [1.54, 1.807) is 0 Å². The van der Waals surface area contributed by atoms with Crippen LogP contribution in [0.4, 0.5) is 62.6 Å². The van der Waals surface area contributed by atoms with Gasteiger partial charge >= 0.3 is 0 Å². The van der Waals surface area contributed by atoms with Crippen molar-refractivity contribution in [2.75, 3.05) is 19.6 Å². The molecule has 0 saturated heterocycles. The van der Waals surface area contributed by atoms with Gasteiger partial charge in [-0.25, -0.2) is 0 Å². The smallest absolute Gasteiger partial charge is 0.252 e. The van der Waals surface area contributed by atoms with Crippen molar-refractivity contribution >= 4 is 117 Å². The van der Waals surface area contributed by atoms with Crippen molar-refractivity contribution in [3.63, 3.8) is 0 Å². The van der Waals surface area contributed by atoms with E-state index in [-0.39, 0.29) is 44.7 Å². The van der Waals surface area contributed by atoms with Crippen LogP contribution in [0.3, 0.4) is 0 Å². The molecule has 4 aliphatic rings. The Labute approximate surface area is 536 Å². The average molecular weight is 1190 g/mol. The summed E-state index contributed by atoms with van der Waals surface area (Å²) < 4.78 is 2.62. The van der Waals surface area contributed by atoms with Crippen LogP contribution in [0.15, 0.2) is 176 Å². The molecule has 452 valence electrons. The van der Waals surface area contributed by atoms with Gasteiger partial charge in [0.1, 0.15) is 0 Å². The van der Waals surface area contributed by atoms with Crippen LogP contribution in [-0.4, -0.2) is 12.3 Å². The Hall–Kier alpha value is -7.54. The molecule has 1 fully saturated rings. The molecule has 14 rings (SSSR count). The van der Waals surface area contributed by atoms with Gasteiger partial charge in [-0.15, -0.1) is 11.3 Å². The lowest BCUT2D eigenvalue weighted by atomic mass is 9.33. The largest absolute Gasteiger partial charge is 0.334 e. The lowest BCUT2D eigenvalue weighted by Crippen LogP contribution is -2.62. The second-order valence-corrected chi connectivity index (χ2v) is 33.4. The SMILES string of the molecule is Cc1cc(C(C)(C)C)ccc1N1c2ccc(C(C)(C)C)cc2B2c3cc(C(C)(C)C)ccc3N(c3cccc4c3sc3ccccc34)c3cc(N4c5ccc(N(c6ccc(C(C)(C)C)cc6)c6ccc(C(C)(C)C)cc6)cc5C5(C)CCCCC45C)cc1c32. The maximum Gasteiger partial charge on any atom is 0.252 e. The molecule has 9 aromatic carbocycles. The molecule has 6 heteroatoms. The molecule has 2 atom stereocenters. The van der Waals surface area contributed by atoms with Gasteiger partial charge in [0.05, 0.1) is 15.9 Å². The van der Waals surface area contributed by atoms with Crippen LogP contribution in [0.25, 0.3) is 20.2 Å². The van der Waals surface area contributed by atoms with E-state index in [2.05, 4.69) is 320 Å². The molecule has 0 N–H and O–H groups in total. The van der Waals surface area contributed by atoms with Crippen molar-refractivity contribution in [3.8, 4) is 0 Å². The zero-order valence-corrected chi connectivity index (χ0v) is 57.2. The number of hydrogen-bond acceptors (Lipinski definition) is 5. The highest BCUT2D eigenvalue weighted by Gasteiger charge is 2.58. The average Bonchev–Trinajstić information content (AvgIpc) is 1.68. The number of hydrogen-bond donors (Lipinski definition) is 0. The molecule has 0 radical (unpaired) electrons. The monoisotopic (exact) mass is 1190 g/mol. The predicted octanol–water partition coefficient (Wildman–Crippen LogP) is 22.1. The molecule has 1 aliphatic carbocycles. The van der Waals surface area contributed by atoms with E-state index in [9.17, 15) is 0 Å². The normalized spacial score (nSPS) is 18.3. The lowest BCUT2D eigenvalue weighted by Gasteiger charge is -2.51. The van der Waals surface area contributed by atoms with Crippen molar-refractivity contribution < 1.29 is 0 Å². The number of rotatable bonds is 6. The van der Waals surface area contributed by atoms with Crippen LogP contribution in [-0.2, 0) is 32.5 Å².